The molecule has 0 atom stereocenters. The molecule has 0 fully saturated rings. The van der Waals surface area contributed by atoms with Gasteiger partial charge in [0.2, 0.25) is 0 Å². The molecule has 53 valence electrons. The predicted octanol–water partition coefficient (Wildman–Crippen LogP) is -4.24. The van der Waals surface area contributed by atoms with E-state index in [0.29, 0.717) is 0 Å². The van der Waals surface area contributed by atoms with Crippen LogP contribution in [0.1, 0.15) is 1.43 Å². The predicted molar refractivity (Wildman–Crippen MR) is 6.92 cm³/mol. The molecule has 0 saturated carbocycles. The standard InChI is InChI=1S/2Co.Li.Mn.2H2O.2O.H/h;;;;2*1H2;;;/q;;+1;+2;;;;;-1/p-2. The molecule has 0 rings (SSSR count). The summed E-state index contributed by atoms with van der Waals surface area (Å²) in [4.78, 5) is 0. The zero-order valence-corrected chi connectivity index (χ0v) is 7.02. The van der Waals surface area contributed by atoms with Gasteiger partial charge in [0.1, 0.15) is 0 Å². The van der Waals surface area contributed by atoms with Crippen molar-refractivity contribution in [3.05, 3.63) is 0 Å². The van der Waals surface area contributed by atoms with Crippen LogP contribution in [0.25, 0.3) is 0 Å². The molecule has 8 heteroatoms. The molecule has 0 bridgehead atoms. The Labute approximate surface area is 82.8 Å². The summed E-state index contributed by atoms with van der Waals surface area (Å²) in [5.41, 5.74) is 0. The molecular formula is H3Co2LiMnO4. The van der Waals surface area contributed by atoms with Crippen molar-refractivity contribution in [3.63, 3.8) is 0 Å². The molecule has 0 saturated heterocycles. The van der Waals surface area contributed by atoms with Crippen LogP contribution in [0.15, 0.2) is 0 Å². The maximum atomic E-state index is 8.80. The van der Waals surface area contributed by atoms with E-state index in [1.165, 1.54) is 0 Å². The minimum absolute atomic E-state index is 0. The van der Waals surface area contributed by atoms with Gasteiger partial charge in [-0.3, -0.25) is 0 Å². The van der Waals surface area contributed by atoms with Crippen molar-refractivity contribution in [1.82, 2.24) is 0 Å². The minimum atomic E-state index is -5.12. The van der Waals surface area contributed by atoms with Crippen LogP contribution in [-0.2, 0) is 54.6 Å². The average Bonchev–Trinajstić information content (AvgIpc) is 0.722. The molecule has 0 aromatic rings. The Morgan fingerprint density at radius 3 is 1.12 bits per heavy atom. The normalized spacial score (nSPS) is 7.25. The molecule has 2 N–H and O–H groups in total. The van der Waals surface area contributed by atoms with Gasteiger partial charge >= 0.3 is 48.3 Å². The second-order valence-corrected chi connectivity index (χ2v) is 1.71. The summed E-state index contributed by atoms with van der Waals surface area (Å²) in [7, 11) is 0. The van der Waals surface area contributed by atoms with Gasteiger partial charge in [0.05, 0.1) is 0 Å². The molecule has 0 aromatic heterocycles. The first kappa shape index (κ1) is 22.6. The van der Waals surface area contributed by atoms with E-state index in [1.54, 1.807) is 0 Å². The van der Waals surface area contributed by atoms with E-state index in [-0.39, 0.29) is 53.8 Å². The molecule has 0 aliphatic heterocycles. The Bertz CT molecular complexity index is 102. The zero-order chi connectivity index (χ0) is 4.50. The zero-order valence-electron chi connectivity index (χ0n) is 4.76. The van der Waals surface area contributed by atoms with E-state index in [9.17, 15) is 0 Å². The number of hydrogen-bond acceptors (Lipinski definition) is 2. The van der Waals surface area contributed by atoms with Crippen molar-refractivity contribution < 1.29 is 83.3 Å². The monoisotopic (exact) mass is 247 g/mol. The fourth-order valence-electron chi connectivity index (χ4n) is 0. The van der Waals surface area contributed by atoms with Crippen molar-refractivity contribution >= 4 is 0 Å². The van der Waals surface area contributed by atoms with Crippen LogP contribution in [0.4, 0.5) is 0 Å². The van der Waals surface area contributed by atoms with E-state index in [4.69, 9.17) is 16.0 Å². The van der Waals surface area contributed by atoms with Gasteiger partial charge in [-0.15, -0.1) is 0 Å². The summed E-state index contributed by atoms with van der Waals surface area (Å²) < 4.78 is 31.8. The summed E-state index contributed by atoms with van der Waals surface area (Å²) in [6, 6.07) is 0. The Morgan fingerprint density at radius 2 is 1.12 bits per heavy atom. The van der Waals surface area contributed by atoms with Crippen molar-refractivity contribution in [2.45, 2.75) is 0 Å². The molecule has 0 heterocycles. The molecule has 8 heavy (non-hydrogen) atoms. The fourth-order valence-corrected chi connectivity index (χ4v) is 0. The van der Waals surface area contributed by atoms with Crippen LogP contribution in [0.3, 0.4) is 0 Å². The van der Waals surface area contributed by atoms with E-state index in [0.717, 1.165) is 0 Å². The van der Waals surface area contributed by atoms with Crippen LogP contribution in [0, 0.1) is 0 Å². The molecule has 0 amide bonds. The summed E-state index contributed by atoms with van der Waals surface area (Å²) >= 11 is -5.12. The van der Waals surface area contributed by atoms with E-state index >= 15 is 0 Å². The summed E-state index contributed by atoms with van der Waals surface area (Å²) in [6.45, 7) is 0. The molecule has 4 nitrogen and oxygen atoms in total. The fraction of sp³-hybridized carbons (Fsp3) is 0. The molecule has 0 aliphatic carbocycles. The van der Waals surface area contributed by atoms with E-state index in [2.05, 4.69) is 0 Å². The first-order valence-electron chi connectivity index (χ1n) is 0.647. The topological polar surface area (TPSA) is 74.6 Å². The van der Waals surface area contributed by atoms with Crippen LogP contribution in [0.2, 0.25) is 0 Å². The van der Waals surface area contributed by atoms with Crippen LogP contribution in [0.5, 0.6) is 0 Å². The number of rotatable bonds is 0. The SMILES string of the molecule is [Co].[Co].[H-].[Li+].[O]=[Mn](=[O])([OH])[OH]. The first-order valence-corrected chi connectivity index (χ1v) is 2.67. The van der Waals surface area contributed by atoms with Gasteiger partial charge in [-0.1, -0.05) is 0 Å². The third kappa shape index (κ3) is 124. The number of hydrogen-bond donors (Lipinski definition) is 2. The maximum absolute atomic E-state index is 8.80. The van der Waals surface area contributed by atoms with Gasteiger partial charge in [-0.05, 0) is 0 Å². The Hall–Kier alpha value is 1.65. The summed E-state index contributed by atoms with van der Waals surface area (Å²) in [5, 5.41) is 0. The Balaban J connectivity index is -0.0000000133. The molecular weight excluding hydrogens is 244 g/mol. The van der Waals surface area contributed by atoms with Gasteiger partial charge in [0.25, 0.3) is 0 Å². The Kier molecular flexibility index (Phi) is 24.5. The van der Waals surface area contributed by atoms with Gasteiger partial charge in [-0.25, -0.2) is 0 Å². The van der Waals surface area contributed by atoms with Crippen molar-refractivity contribution in [2.24, 2.45) is 0 Å². The first-order chi connectivity index (χ1) is 2.00. The summed E-state index contributed by atoms with van der Waals surface area (Å²) in [5.74, 6) is 0. The molecule has 0 aliphatic rings. The van der Waals surface area contributed by atoms with Gasteiger partial charge in [-0.2, -0.15) is 0 Å². The van der Waals surface area contributed by atoms with Crippen LogP contribution >= 0.6 is 0 Å². The second kappa shape index (κ2) is 8.65. The van der Waals surface area contributed by atoms with Crippen LogP contribution < -0.4 is 18.9 Å². The summed E-state index contributed by atoms with van der Waals surface area (Å²) in [6.07, 6.45) is 0. The molecule has 0 unspecified atom stereocenters. The Morgan fingerprint density at radius 1 is 1.12 bits per heavy atom. The molecule has 2 radical (unpaired) electrons. The van der Waals surface area contributed by atoms with Gasteiger partial charge in [0.15, 0.2) is 0 Å². The van der Waals surface area contributed by atoms with Crippen LogP contribution in [-0.4, -0.2) is 8.38 Å². The van der Waals surface area contributed by atoms with Crippen molar-refractivity contribution in [2.75, 3.05) is 0 Å². The average molecular weight is 247 g/mol. The van der Waals surface area contributed by atoms with E-state index in [1.807, 2.05) is 0 Å². The van der Waals surface area contributed by atoms with Crippen molar-refractivity contribution in [1.29, 1.82) is 0 Å². The van der Waals surface area contributed by atoms with Gasteiger partial charge < -0.3 is 1.43 Å². The third-order valence-electron chi connectivity index (χ3n) is 0. The second-order valence-electron chi connectivity index (χ2n) is 0.415. The molecule has 0 aromatic carbocycles. The van der Waals surface area contributed by atoms with E-state index < -0.39 is 13.4 Å². The van der Waals surface area contributed by atoms with Crippen molar-refractivity contribution in [3.8, 4) is 0 Å². The quantitative estimate of drug-likeness (QED) is 0.425. The van der Waals surface area contributed by atoms with Gasteiger partial charge in [0, 0.05) is 33.6 Å². The third-order valence-corrected chi connectivity index (χ3v) is 0. The molecule has 0 spiro atoms.